The van der Waals surface area contributed by atoms with E-state index in [1.54, 1.807) is 11.1 Å². The normalized spacial score (nSPS) is 19.1. The van der Waals surface area contributed by atoms with E-state index in [4.69, 9.17) is 0 Å². The molecule has 1 N–H and O–H groups in total. The Morgan fingerprint density at radius 3 is 2.69 bits per heavy atom. The van der Waals surface area contributed by atoms with Gasteiger partial charge in [0.2, 0.25) is 0 Å². The van der Waals surface area contributed by atoms with Gasteiger partial charge in [0, 0.05) is 31.9 Å². The average Bonchev–Trinajstić information content (AvgIpc) is 2.78. The molecule has 16 heavy (non-hydrogen) atoms. The quantitative estimate of drug-likeness (QED) is 0.805. The van der Waals surface area contributed by atoms with E-state index in [-0.39, 0.29) is 12.4 Å². The first-order valence-electron chi connectivity index (χ1n) is 6.01. The number of benzene rings is 1. The first-order valence-corrected chi connectivity index (χ1v) is 6.01. The van der Waals surface area contributed by atoms with E-state index >= 15 is 0 Å². The molecule has 0 bridgehead atoms. The number of rotatable bonds is 1. The Morgan fingerprint density at radius 2 is 1.88 bits per heavy atom. The monoisotopic (exact) mass is 238 g/mol. The largest absolute Gasteiger partial charge is 0.369 e. The van der Waals surface area contributed by atoms with Crippen LogP contribution in [0.25, 0.3) is 0 Å². The second-order valence-corrected chi connectivity index (χ2v) is 4.51. The summed E-state index contributed by atoms with van der Waals surface area (Å²) in [6, 6.07) is 6.82. The van der Waals surface area contributed by atoms with E-state index in [9.17, 15) is 0 Å². The number of nitrogens with zero attached hydrogens (tertiary/aromatic N) is 1. The highest BCUT2D eigenvalue weighted by molar-refractivity contribution is 5.85. The zero-order chi connectivity index (χ0) is 10.1. The fraction of sp³-hybridized carbons (Fsp3) is 0.538. The summed E-state index contributed by atoms with van der Waals surface area (Å²) in [5.74, 6) is 0. The van der Waals surface area contributed by atoms with Crippen molar-refractivity contribution in [3.63, 3.8) is 0 Å². The summed E-state index contributed by atoms with van der Waals surface area (Å²) in [5.41, 5.74) is 4.72. The molecule has 3 heteroatoms. The lowest BCUT2D eigenvalue weighted by atomic mass is 10.1. The molecule has 0 unspecified atom stereocenters. The molecule has 2 nitrogen and oxygen atoms in total. The van der Waals surface area contributed by atoms with Crippen molar-refractivity contribution >= 4 is 18.1 Å². The van der Waals surface area contributed by atoms with Crippen molar-refractivity contribution in [2.45, 2.75) is 19.3 Å². The summed E-state index contributed by atoms with van der Waals surface area (Å²) in [5, 5.41) is 3.41. The van der Waals surface area contributed by atoms with Crippen LogP contribution >= 0.6 is 12.4 Å². The molecule has 0 aromatic heterocycles. The van der Waals surface area contributed by atoms with Gasteiger partial charge >= 0.3 is 0 Å². The molecule has 2 aliphatic rings. The number of fused-ring (bicyclic) bond motifs is 1. The third-order valence-corrected chi connectivity index (χ3v) is 3.58. The van der Waals surface area contributed by atoms with Crippen LogP contribution in [0.1, 0.15) is 17.5 Å². The highest BCUT2D eigenvalue weighted by atomic mass is 35.5. The molecule has 1 aromatic rings. The van der Waals surface area contributed by atoms with Crippen molar-refractivity contribution in [1.82, 2.24) is 5.32 Å². The Balaban J connectivity index is 0.000000963. The molecule has 1 aliphatic carbocycles. The SMILES string of the molecule is Cl.c1cc2c(c(N3CCNCC3)c1)CCC2. The summed E-state index contributed by atoms with van der Waals surface area (Å²) in [6.07, 6.45) is 3.92. The van der Waals surface area contributed by atoms with E-state index < -0.39 is 0 Å². The Morgan fingerprint density at radius 1 is 1.06 bits per heavy atom. The molecular weight excluding hydrogens is 220 g/mol. The lowest BCUT2D eigenvalue weighted by Gasteiger charge is -2.31. The summed E-state index contributed by atoms with van der Waals surface area (Å²) in [7, 11) is 0. The highest BCUT2D eigenvalue weighted by Gasteiger charge is 2.19. The van der Waals surface area contributed by atoms with Crippen LogP contribution in [-0.4, -0.2) is 26.2 Å². The molecule has 88 valence electrons. The molecule has 0 radical (unpaired) electrons. The van der Waals surface area contributed by atoms with Crippen LogP contribution in [0, 0.1) is 0 Å². The van der Waals surface area contributed by atoms with Crippen molar-refractivity contribution in [1.29, 1.82) is 0 Å². The van der Waals surface area contributed by atoms with Crippen LogP contribution in [-0.2, 0) is 12.8 Å². The maximum absolute atomic E-state index is 3.41. The smallest absolute Gasteiger partial charge is 0.0402 e. The maximum atomic E-state index is 3.41. The van der Waals surface area contributed by atoms with Crippen molar-refractivity contribution in [3.05, 3.63) is 29.3 Å². The summed E-state index contributed by atoms with van der Waals surface area (Å²) >= 11 is 0. The molecule has 1 heterocycles. The number of anilines is 1. The van der Waals surface area contributed by atoms with Crippen LogP contribution in [0.3, 0.4) is 0 Å². The van der Waals surface area contributed by atoms with Crippen LogP contribution in [0.4, 0.5) is 5.69 Å². The van der Waals surface area contributed by atoms with Gasteiger partial charge in [0.25, 0.3) is 0 Å². The summed E-state index contributed by atoms with van der Waals surface area (Å²) in [6.45, 7) is 4.58. The Labute approximate surface area is 103 Å². The lowest BCUT2D eigenvalue weighted by molar-refractivity contribution is 0.588. The minimum absolute atomic E-state index is 0. The van der Waals surface area contributed by atoms with Crippen LogP contribution in [0.2, 0.25) is 0 Å². The van der Waals surface area contributed by atoms with Crippen molar-refractivity contribution in [3.8, 4) is 0 Å². The van der Waals surface area contributed by atoms with E-state index in [0.29, 0.717) is 0 Å². The van der Waals surface area contributed by atoms with E-state index in [2.05, 4.69) is 28.4 Å². The van der Waals surface area contributed by atoms with Crippen LogP contribution < -0.4 is 10.2 Å². The zero-order valence-corrected chi connectivity index (χ0v) is 10.4. The second kappa shape index (κ2) is 5.07. The third-order valence-electron chi connectivity index (χ3n) is 3.58. The Hall–Kier alpha value is -0.730. The van der Waals surface area contributed by atoms with Crippen LogP contribution in [0.15, 0.2) is 18.2 Å². The summed E-state index contributed by atoms with van der Waals surface area (Å²) in [4.78, 5) is 2.54. The van der Waals surface area contributed by atoms with E-state index in [0.717, 1.165) is 26.2 Å². The number of hydrogen-bond acceptors (Lipinski definition) is 2. The average molecular weight is 239 g/mol. The first kappa shape index (κ1) is 11.7. The standard InChI is InChI=1S/C13H18N2.ClH/c1-3-11-4-2-6-13(12(11)5-1)15-9-7-14-8-10-15;/h2,4,6,14H,1,3,5,7-10H2;1H. The summed E-state index contributed by atoms with van der Waals surface area (Å²) < 4.78 is 0. The van der Waals surface area contributed by atoms with Crippen LogP contribution in [0.5, 0.6) is 0 Å². The van der Waals surface area contributed by atoms with Gasteiger partial charge in [0.05, 0.1) is 0 Å². The lowest BCUT2D eigenvalue weighted by Crippen LogP contribution is -2.43. The van der Waals surface area contributed by atoms with Gasteiger partial charge in [-0.25, -0.2) is 0 Å². The van der Waals surface area contributed by atoms with Gasteiger partial charge in [-0.05, 0) is 36.5 Å². The van der Waals surface area contributed by atoms with E-state index in [1.807, 2.05) is 0 Å². The molecule has 0 spiro atoms. The number of piperazine rings is 1. The predicted molar refractivity (Wildman–Crippen MR) is 70.8 cm³/mol. The van der Waals surface area contributed by atoms with Crippen molar-refractivity contribution in [2.24, 2.45) is 0 Å². The predicted octanol–water partition coefficient (Wildman–Crippen LogP) is 2.01. The maximum Gasteiger partial charge on any atom is 0.0402 e. The molecule has 0 amide bonds. The van der Waals surface area contributed by atoms with Gasteiger partial charge in [-0.15, -0.1) is 12.4 Å². The number of aryl methyl sites for hydroxylation is 1. The van der Waals surface area contributed by atoms with Gasteiger partial charge < -0.3 is 10.2 Å². The van der Waals surface area contributed by atoms with Gasteiger partial charge in [-0.3, -0.25) is 0 Å². The van der Waals surface area contributed by atoms with Gasteiger partial charge in [0.1, 0.15) is 0 Å². The molecule has 0 saturated carbocycles. The first-order chi connectivity index (χ1) is 7.45. The van der Waals surface area contributed by atoms with Crippen molar-refractivity contribution < 1.29 is 0 Å². The van der Waals surface area contributed by atoms with Gasteiger partial charge in [-0.2, -0.15) is 0 Å². The molecular formula is C13H19ClN2. The topological polar surface area (TPSA) is 15.3 Å². The Bertz CT molecular complexity index is 359. The number of hydrogen-bond donors (Lipinski definition) is 1. The Kier molecular flexibility index (Phi) is 3.72. The molecule has 0 atom stereocenters. The van der Waals surface area contributed by atoms with Gasteiger partial charge in [0.15, 0.2) is 0 Å². The van der Waals surface area contributed by atoms with E-state index in [1.165, 1.54) is 24.9 Å². The van der Waals surface area contributed by atoms with Crippen molar-refractivity contribution in [2.75, 3.05) is 31.1 Å². The minimum Gasteiger partial charge on any atom is -0.369 e. The van der Waals surface area contributed by atoms with Gasteiger partial charge in [-0.1, -0.05) is 12.1 Å². The highest BCUT2D eigenvalue weighted by Crippen LogP contribution is 2.31. The molecule has 3 rings (SSSR count). The zero-order valence-electron chi connectivity index (χ0n) is 9.54. The third kappa shape index (κ3) is 2.04. The number of nitrogens with one attached hydrogen (secondary N) is 1. The molecule has 1 fully saturated rings. The fourth-order valence-electron chi connectivity index (χ4n) is 2.80. The molecule has 1 aromatic carbocycles. The molecule has 1 saturated heterocycles. The fourth-order valence-corrected chi connectivity index (χ4v) is 2.80. The second-order valence-electron chi connectivity index (χ2n) is 4.51. The number of halogens is 1. The molecule has 1 aliphatic heterocycles. The minimum atomic E-state index is 0.